The summed E-state index contributed by atoms with van der Waals surface area (Å²) in [6.07, 6.45) is 34.5. The number of rotatable bonds is 9. The van der Waals surface area contributed by atoms with Crippen LogP contribution in [0.15, 0.2) is 175 Å². The first-order valence-electron chi connectivity index (χ1n) is 24.1. The predicted octanol–water partition coefficient (Wildman–Crippen LogP) is 15.3. The average Bonchev–Trinajstić information content (AvgIpc) is 3.31. The van der Waals surface area contributed by atoms with Gasteiger partial charge in [0.25, 0.3) is 0 Å². The van der Waals surface area contributed by atoms with E-state index in [0.29, 0.717) is 53.0 Å². The van der Waals surface area contributed by atoms with E-state index in [1.807, 2.05) is 0 Å². The topological polar surface area (TPSA) is 6.48 Å². The first-order valence-corrected chi connectivity index (χ1v) is 24.1. The minimum atomic E-state index is 0.255. The molecule has 8 unspecified atom stereocenters. The highest BCUT2D eigenvalue weighted by atomic mass is 15.2. The van der Waals surface area contributed by atoms with Crippen LogP contribution in [0.5, 0.6) is 0 Å². The van der Waals surface area contributed by atoms with Crippen molar-refractivity contribution in [3.8, 4) is 0 Å². The van der Waals surface area contributed by atoms with Crippen LogP contribution < -0.4 is 9.80 Å². The molecule has 0 amide bonds. The molecule has 0 spiro atoms. The molecule has 1 saturated carbocycles. The molecule has 4 aromatic carbocycles. The molecule has 0 saturated heterocycles. The summed E-state index contributed by atoms with van der Waals surface area (Å²) in [6.45, 7) is 10.1. The van der Waals surface area contributed by atoms with Gasteiger partial charge in [-0.15, -0.1) is 0 Å². The van der Waals surface area contributed by atoms with Crippen LogP contribution in [0, 0.1) is 29.1 Å². The Hall–Kier alpha value is -5.34. The molecule has 1 fully saturated rings. The van der Waals surface area contributed by atoms with Gasteiger partial charge in [0.15, 0.2) is 0 Å². The summed E-state index contributed by atoms with van der Waals surface area (Å²) >= 11 is 0. The van der Waals surface area contributed by atoms with E-state index >= 15 is 0 Å². The molecule has 7 aliphatic rings. The van der Waals surface area contributed by atoms with Crippen LogP contribution in [0.1, 0.15) is 113 Å². The lowest BCUT2D eigenvalue weighted by atomic mass is 9.47. The third-order valence-electron chi connectivity index (χ3n) is 16.3. The number of nitrogens with zero attached hydrogens (tertiary/aromatic N) is 2. The van der Waals surface area contributed by atoms with E-state index in [2.05, 4.69) is 201 Å². The van der Waals surface area contributed by atoms with Crippen molar-refractivity contribution < 1.29 is 0 Å². The quantitative estimate of drug-likeness (QED) is 0.155. The maximum absolute atomic E-state index is 2.78. The average molecular weight is 813 g/mol. The van der Waals surface area contributed by atoms with Crippen LogP contribution in [0.25, 0.3) is 11.1 Å². The Morgan fingerprint density at radius 2 is 1.37 bits per heavy atom. The van der Waals surface area contributed by atoms with Crippen molar-refractivity contribution in [2.24, 2.45) is 29.1 Å². The summed E-state index contributed by atoms with van der Waals surface area (Å²) < 4.78 is 0. The molecule has 0 N–H and O–H groups in total. The minimum Gasteiger partial charge on any atom is -0.361 e. The van der Waals surface area contributed by atoms with E-state index in [-0.39, 0.29) is 6.04 Å². The van der Waals surface area contributed by atoms with E-state index < -0.39 is 0 Å². The summed E-state index contributed by atoms with van der Waals surface area (Å²) in [5, 5.41) is 0. The highest BCUT2D eigenvalue weighted by molar-refractivity contribution is 5.89. The fourth-order valence-corrected chi connectivity index (χ4v) is 13.3. The summed E-state index contributed by atoms with van der Waals surface area (Å²) in [4.78, 5) is 5.26. The van der Waals surface area contributed by atoms with Crippen molar-refractivity contribution >= 4 is 28.2 Å². The predicted molar refractivity (Wildman–Crippen MR) is 263 cm³/mol. The van der Waals surface area contributed by atoms with Crippen molar-refractivity contribution in [1.82, 2.24) is 0 Å². The number of benzene rings is 4. The van der Waals surface area contributed by atoms with Gasteiger partial charge in [-0.1, -0.05) is 161 Å². The maximum Gasteiger partial charge on any atom is 0.0560 e. The number of allylic oxidation sites excluding steroid dienone is 9. The molecular formula is C60H64N2. The molecule has 0 radical (unpaired) electrons. The van der Waals surface area contributed by atoms with Crippen LogP contribution in [-0.2, 0) is 0 Å². The lowest BCUT2D eigenvalue weighted by Gasteiger charge is -2.56. The lowest BCUT2D eigenvalue weighted by molar-refractivity contribution is 0.0590. The molecule has 0 aromatic heterocycles. The molecule has 11 rings (SSSR count). The molecule has 0 bridgehead atoms. The van der Waals surface area contributed by atoms with Gasteiger partial charge in [-0.2, -0.15) is 0 Å². The van der Waals surface area contributed by atoms with Crippen molar-refractivity contribution in [2.75, 3.05) is 9.80 Å². The third-order valence-corrected chi connectivity index (χ3v) is 16.3. The summed E-state index contributed by atoms with van der Waals surface area (Å²) in [6, 6.07) is 39.4. The smallest absolute Gasteiger partial charge is 0.0560 e. The molecule has 0 heterocycles. The highest BCUT2D eigenvalue weighted by Gasteiger charge is 2.53. The Labute approximate surface area is 371 Å². The summed E-state index contributed by atoms with van der Waals surface area (Å²) in [7, 11) is 0. The molecule has 4 aromatic rings. The fraction of sp³-hybridized carbons (Fsp3) is 0.367. The van der Waals surface area contributed by atoms with E-state index in [0.717, 1.165) is 19.3 Å². The molecule has 0 aliphatic heterocycles. The number of para-hydroxylation sites is 3. The second kappa shape index (κ2) is 16.1. The molecule has 314 valence electrons. The van der Waals surface area contributed by atoms with Crippen molar-refractivity contribution in [3.63, 3.8) is 0 Å². The lowest BCUT2D eigenvalue weighted by Crippen LogP contribution is -2.46. The van der Waals surface area contributed by atoms with Crippen molar-refractivity contribution in [1.29, 1.82) is 0 Å². The molecule has 8 atom stereocenters. The SMILES string of the molecule is CC(C)C1=CC(C2=CCC(N(c3ccccc3)C3C=CC=CC3)CC2)C2CC3C4c5c(ccc1c52)C(C1=CCC(N(c2ccccc2)c2ccccc2)C=C1)=CC4CCC3(C)C. The van der Waals surface area contributed by atoms with E-state index in [4.69, 9.17) is 0 Å². The maximum atomic E-state index is 2.78. The Balaban J connectivity index is 0.959. The zero-order valence-corrected chi connectivity index (χ0v) is 37.3. The van der Waals surface area contributed by atoms with Crippen molar-refractivity contribution in [3.05, 3.63) is 197 Å². The Bertz CT molecular complexity index is 2490. The van der Waals surface area contributed by atoms with Gasteiger partial charge in [-0.25, -0.2) is 0 Å². The van der Waals surface area contributed by atoms with Crippen LogP contribution in [0.4, 0.5) is 17.1 Å². The second-order valence-electron chi connectivity index (χ2n) is 20.5. The number of anilines is 3. The minimum absolute atomic E-state index is 0.255. The summed E-state index contributed by atoms with van der Waals surface area (Å²) in [5.41, 5.74) is 16.9. The molecule has 62 heavy (non-hydrogen) atoms. The van der Waals surface area contributed by atoms with Gasteiger partial charge in [0.1, 0.15) is 0 Å². The fourth-order valence-electron chi connectivity index (χ4n) is 13.3. The second-order valence-corrected chi connectivity index (χ2v) is 20.5. The third kappa shape index (κ3) is 6.84. The Morgan fingerprint density at radius 1 is 0.661 bits per heavy atom. The van der Waals surface area contributed by atoms with Gasteiger partial charge >= 0.3 is 0 Å². The molecule has 7 aliphatic carbocycles. The number of hydrogen-bond acceptors (Lipinski definition) is 2. The van der Waals surface area contributed by atoms with Crippen LogP contribution in [0.3, 0.4) is 0 Å². The number of hydrogen-bond donors (Lipinski definition) is 0. The molecule has 2 heteroatoms. The van der Waals surface area contributed by atoms with Gasteiger partial charge in [0, 0.05) is 29.0 Å². The normalized spacial score (nSPS) is 28.9. The van der Waals surface area contributed by atoms with E-state index in [1.165, 1.54) is 65.9 Å². The van der Waals surface area contributed by atoms with E-state index in [9.17, 15) is 0 Å². The Kier molecular flexibility index (Phi) is 10.3. The summed E-state index contributed by atoms with van der Waals surface area (Å²) in [5.74, 6) is 3.37. The van der Waals surface area contributed by atoms with Crippen LogP contribution in [0.2, 0.25) is 0 Å². The van der Waals surface area contributed by atoms with Gasteiger partial charge in [-0.05, 0) is 162 Å². The van der Waals surface area contributed by atoms with E-state index in [1.54, 1.807) is 27.8 Å². The largest absolute Gasteiger partial charge is 0.361 e. The van der Waals surface area contributed by atoms with Gasteiger partial charge < -0.3 is 9.80 Å². The first-order chi connectivity index (χ1) is 30.3. The monoisotopic (exact) mass is 813 g/mol. The zero-order valence-electron chi connectivity index (χ0n) is 37.3. The first kappa shape index (κ1) is 39.5. The van der Waals surface area contributed by atoms with Crippen molar-refractivity contribution in [2.45, 2.75) is 109 Å². The van der Waals surface area contributed by atoms with Crippen LogP contribution >= 0.6 is 0 Å². The van der Waals surface area contributed by atoms with Gasteiger partial charge in [0.2, 0.25) is 0 Å². The van der Waals surface area contributed by atoms with Gasteiger partial charge in [-0.3, -0.25) is 0 Å². The highest BCUT2D eigenvalue weighted by Crippen LogP contribution is 2.66. The van der Waals surface area contributed by atoms with Crippen LogP contribution in [-0.4, -0.2) is 18.1 Å². The molecule has 2 nitrogen and oxygen atoms in total. The standard InChI is InChI=1S/C60H64N2/c1-40(2)52-38-54(42-27-31-49(32-28-42)62(46-21-13-7-14-22-46)47-23-15-8-16-24-47)55-39-56-57-43(35-36-60(56,3)4)37-53(51-34-33-50(52)58(55)59(51)57)41-25-29-48(30-26-41)61(44-17-9-5-10-18-44)45-19-11-6-12-20-45/h5-23,25-27,29,33-34,37-38,40,43,47-49,54-57H,24,28,30-32,35-36,39H2,1-4H3. The van der Waals surface area contributed by atoms with Gasteiger partial charge in [0.05, 0.1) is 12.1 Å². The zero-order chi connectivity index (χ0) is 42.0. The Morgan fingerprint density at radius 3 is 2.00 bits per heavy atom. The molecular weight excluding hydrogens is 749 g/mol.